The van der Waals surface area contributed by atoms with E-state index in [0.717, 1.165) is 16.2 Å². The number of carbonyl (C=O) groups excluding carboxylic acids is 1. The summed E-state index contributed by atoms with van der Waals surface area (Å²) >= 11 is 7.65. The Morgan fingerprint density at radius 3 is 2.88 bits per heavy atom. The monoisotopic (exact) mass is 361 g/mol. The fourth-order valence-corrected chi connectivity index (χ4v) is 2.98. The van der Waals surface area contributed by atoms with Crippen molar-refractivity contribution in [3.63, 3.8) is 0 Å². The van der Waals surface area contributed by atoms with E-state index >= 15 is 0 Å². The molecule has 1 amide bonds. The van der Waals surface area contributed by atoms with Gasteiger partial charge in [-0.15, -0.1) is 18.3 Å². The highest BCUT2D eigenvalue weighted by atomic mass is 35.5. The average Bonchev–Trinajstić information content (AvgIpc) is 2.60. The number of carbonyl (C=O) groups is 1. The van der Waals surface area contributed by atoms with Crippen LogP contribution in [0.2, 0.25) is 5.02 Å². The van der Waals surface area contributed by atoms with Crippen LogP contribution >= 0.6 is 23.4 Å². The summed E-state index contributed by atoms with van der Waals surface area (Å²) in [5, 5.41) is 3.55. The van der Waals surface area contributed by atoms with Crippen LogP contribution in [0.25, 0.3) is 0 Å². The van der Waals surface area contributed by atoms with E-state index in [2.05, 4.69) is 11.9 Å². The van der Waals surface area contributed by atoms with Crippen molar-refractivity contribution in [3.05, 3.63) is 71.3 Å². The Hall–Kier alpha value is -1.91. The van der Waals surface area contributed by atoms with Gasteiger partial charge in [0.2, 0.25) is 0 Å². The van der Waals surface area contributed by atoms with E-state index in [0.29, 0.717) is 29.5 Å². The molecule has 0 spiro atoms. The minimum absolute atomic E-state index is 0.104. The lowest BCUT2D eigenvalue weighted by atomic mass is 10.2. The van der Waals surface area contributed by atoms with Crippen LogP contribution < -0.4 is 10.1 Å². The normalized spacial score (nSPS) is 10.2. The summed E-state index contributed by atoms with van der Waals surface area (Å²) in [5.74, 6) is 1.36. The SMILES string of the molecule is C=CCSc1ccccc1C(=O)NCCOc1ccc(C)c(Cl)c1. The van der Waals surface area contributed by atoms with E-state index in [1.165, 1.54) is 0 Å². The van der Waals surface area contributed by atoms with Crippen molar-refractivity contribution in [2.75, 3.05) is 18.9 Å². The summed E-state index contributed by atoms with van der Waals surface area (Å²) in [6, 6.07) is 13.1. The van der Waals surface area contributed by atoms with Gasteiger partial charge in [0.15, 0.2) is 0 Å². The highest BCUT2D eigenvalue weighted by molar-refractivity contribution is 7.99. The van der Waals surface area contributed by atoms with Crippen LogP contribution in [0, 0.1) is 6.92 Å². The summed E-state index contributed by atoms with van der Waals surface area (Å²) in [6.07, 6.45) is 1.82. The lowest BCUT2D eigenvalue weighted by Crippen LogP contribution is -2.28. The van der Waals surface area contributed by atoms with Gasteiger partial charge in [-0.25, -0.2) is 0 Å². The molecule has 0 aliphatic heterocycles. The molecule has 0 aromatic heterocycles. The number of halogens is 1. The third-order valence-corrected chi connectivity index (χ3v) is 4.76. The average molecular weight is 362 g/mol. The summed E-state index contributed by atoms with van der Waals surface area (Å²) in [7, 11) is 0. The quantitative estimate of drug-likeness (QED) is 0.419. The first-order valence-electron chi connectivity index (χ1n) is 7.61. The van der Waals surface area contributed by atoms with Gasteiger partial charge >= 0.3 is 0 Å². The lowest BCUT2D eigenvalue weighted by Gasteiger charge is -2.11. The first-order chi connectivity index (χ1) is 11.6. The number of benzene rings is 2. The molecule has 24 heavy (non-hydrogen) atoms. The molecule has 3 nitrogen and oxygen atoms in total. The molecule has 2 aromatic carbocycles. The first kappa shape index (κ1) is 18.4. The maximum absolute atomic E-state index is 12.3. The van der Waals surface area contributed by atoms with E-state index in [9.17, 15) is 4.79 Å². The number of aryl methyl sites for hydroxylation is 1. The predicted octanol–water partition coefficient (Wildman–Crippen LogP) is 4.74. The topological polar surface area (TPSA) is 38.3 Å². The second kappa shape index (κ2) is 9.40. The van der Waals surface area contributed by atoms with Crippen LogP contribution in [0.15, 0.2) is 60.0 Å². The third-order valence-electron chi connectivity index (χ3n) is 3.29. The molecule has 0 bridgehead atoms. The molecule has 0 heterocycles. The summed E-state index contributed by atoms with van der Waals surface area (Å²) in [6.45, 7) is 6.45. The van der Waals surface area contributed by atoms with Gasteiger partial charge in [0.05, 0.1) is 12.1 Å². The zero-order chi connectivity index (χ0) is 17.4. The molecule has 0 fully saturated rings. The molecule has 0 aliphatic rings. The fourth-order valence-electron chi connectivity index (χ4n) is 2.02. The predicted molar refractivity (Wildman–Crippen MR) is 101 cm³/mol. The van der Waals surface area contributed by atoms with Crippen molar-refractivity contribution in [1.82, 2.24) is 5.32 Å². The minimum atomic E-state index is -0.104. The highest BCUT2D eigenvalue weighted by Gasteiger charge is 2.10. The molecule has 5 heteroatoms. The number of amides is 1. The Morgan fingerprint density at radius 1 is 1.33 bits per heavy atom. The van der Waals surface area contributed by atoms with Crippen LogP contribution in [0.5, 0.6) is 5.75 Å². The minimum Gasteiger partial charge on any atom is -0.492 e. The van der Waals surface area contributed by atoms with Crippen molar-refractivity contribution < 1.29 is 9.53 Å². The van der Waals surface area contributed by atoms with Gasteiger partial charge in [-0.2, -0.15) is 0 Å². The van der Waals surface area contributed by atoms with E-state index in [1.807, 2.05) is 49.4 Å². The second-order valence-electron chi connectivity index (χ2n) is 5.11. The van der Waals surface area contributed by atoms with Crippen LogP contribution in [-0.4, -0.2) is 24.8 Å². The lowest BCUT2D eigenvalue weighted by molar-refractivity contribution is 0.0944. The van der Waals surface area contributed by atoms with E-state index in [-0.39, 0.29) is 5.91 Å². The smallest absolute Gasteiger partial charge is 0.252 e. The van der Waals surface area contributed by atoms with Crippen molar-refractivity contribution >= 4 is 29.3 Å². The Balaban J connectivity index is 1.85. The van der Waals surface area contributed by atoms with E-state index in [1.54, 1.807) is 17.8 Å². The molecule has 0 aliphatic carbocycles. The molecule has 2 rings (SSSR count). The molecule has 2 aromatic rings. The zero-order valence-corrected chi connectivity index (χ0v) is 15.1. The molecule has 1 N–H and O–H groups in total. The summed E-state index contributed by atoms with van der Waals surface area (Å²) < 4.78 is 5.61. The number of ether oxygens (including phenoxy) is 1. The summed E-state index contributed by atoms with van der Waals surface area (Å²) in [4.78, 5) is 13.3. The van der Waals surface area contributed by atoms with Crippen LogP contribution in [-0.2, 0) is 0 Å². The number of hydrogen-bond donors (Lipinski definition) is 1. The molecule has 126 valence electrons. The largest absolute Gasteiger partial charge is 0.492 e. The maximum atomic E-state index is 12.3. The fraction of sp³-hybridized carbons (Fsp3) is 0.211. The number of rotatable bonds is 8. The Bertz CT molecular complexity index is 718. The molecular weight excluding hydrogens is 342 g/mol. The Morgan fingerprint density at radius 2 is 2.12 bits per heavy atom. The zero-order valence-electron chi connectivity index (χ0n) is 13.5. The molecular formula is C19H20ClNO2S. The van der Waals surface area contributed by atoms with E-state index < -0.39 is 0 Å². The molecule has 0 saturated carbocycles. The molecule has 0 saturated heterocycles. The molecule has 0 radical (unpaired) electrons. The van der Waals surface area contributed by atoms with Gasteiger partial charge in [0, 0.05) is 15.7 Å². The van der Waals surface area contributed by atoms with Crippen LogP contribution in [0.4, 0.5) is 0 Å². The number of thioether (sulfide) groups is 1. The standard InChI is InChI=1S/C19H20ClNO2S/c1-3-12-24-18-7-5-4-6-16(18)19(22)21-10-11-23-15-9-8-14(2)17(20)13-15/h3-9,13H,1,10-12H2,2H3,(H,21,22). The second-order valence-corrected chi connectivity index (χ2v) is 6.58. The molecule has 0 atom stereocenters. The number of hydrogen-bond acceptors (Lipinski definition) is 3. The maximum Gasteiger partial charge on any atom is 0.252 e. The molecule has 0 unspecified atom stereocenters. The third kappa shape index (κ3) is 5.32. The van der Waals surface area contributed by atoms with Gasteiger partial charge in [-0.1, -0.05) is 35.9 Å². The van der Waals surface area contributed by atoms with Gasteiger partial charge in [0.25, 0.3) is 5.91 Å². The van der Waals surface area contributed by atoms with Crippen molar-refractivity contribution in [3.8, 4) is 5.75 Å². The number of nitrogens with one attached hydrogen (secondary N) is 1. The van der Waals surface area contributed by atoms with Crippen LogP contribution in [0.1, 0.15) is 15.9 Å². The Labute approximate surface area is 152 Å². The van der Waals surface area contributed by atoms with E-state index in [4.69, 9.17) is 16.3 Å². The van der Waals surface area contributed by atoms with Gasteiger partial charge in [-0.3, -0.25) is 4.79 Å². The van der Waals surface area contributed by atoms with Crippen LogP contribution in [0.3, 0.4) is 0 Å². The first-order valence-corrected chi connectivity index (χ1v) is 8.98. The van der Waals surface area contributed by atoms with Crippen molar-refractivity contribution in [2.45, 2.75) is 11.8 Å². The highest BCUT2D eigenvalue weighted by Crippen LogP contribution is 2.23. The Kier molecular flexibility index (Phi) is 7.22. The van der Waals surface area contributed by atoms with Crippen molar-refractivity contribution in [2.24, 2.45) is 0 Å². The van der Waals surface area contributed by atoms with Gasteiger partial charge in [0.1, 0.15) is 12.4 Å². The van der Waals surface area contributed by atoms with Gasteiger partial charge < -0.3 is 10.1 Å². The summed E-state index contributed by atoms with van der Waals surface area (Å²) in [5.41, 5.74) is 1.67. The van der Waals surface area contributed by atoms with Gasteiger partial charge in [-0.05, 0) is 36.8 Å². The van der Waals surface area contributed by atoms with Crippen molar-refractivity contribution in [1.29, 1.82) is 0 Å².